The van der Waals surface area contributed by atoms with Crippen molar-refractivity contribution in [2.45, 2.75) is 53.1 Å². The van der Waals surface area contributed by atoms with Crippen LogP contribution < -0.4 is 4.90 Å². The third-order valence-electron chi connectivity index (χ3n) is 6.18. The summed E-state index contributed by atoms with van der Waals surface area (Å²) < 4.78 is 2.16. The minimum Gasteiger partial charge on any atom is -0.331 e. The fraction of sp³-hybridized carbons (Fsp3) is 0.357. The summed E-state index contributed by atoms with van der Waals surface area (Å²) in [6, 6.07) is 20.1. The highest BCUT2D eigenvalue weighted by molar-refractivity contribution is 6.00. The summed E-state index contributed by atoms with van der Waals surface area (Å²) in [5.74, 6) is 0.189. The molecule has 2 aromatic carbocycles. The number of anilines is 1. The van der Waals surface area contributed by atoms with Gasteiger partial charge in [-0.2, -0.15) is 0 Å². The Bertz CT molecular complexity index is 1160. The number of fused-ring (bicyclic) bond motifs is 3. The van der Waals surface area contributed by atoms with Crippen molar-refractivity contribution in [3.63, 3.8) is 0 Å². The largest absolute Gasteiger partial charge is 0.331 e. The molecule has 1 unspecified atom stereocenters. The SMILES string of the molecule is Cc1cccc(C2c3cccn3-c3ccccc3N2C(=O)CN(C(=O)CC(C)C)C(C)C)c1. The number of aryl methyl sites for hydroxylation is 1. The van der Waals surface area contributed by atoms with Gasteiger partial charge in [-0.15, -0.1) is 0 Å². The molecule has 0 spiro atoms. The van der Waals surface area contributed by atoms with E-state index in [1.807, 2.05) is 75.2 Å². The number of benzene rings is 2. The summed E-state index contributed by atoms with van der Waals surface area (Å²) in [6.07, 6.45) is 2.48. The summed E-state index contributed by atoms with van der Waals surface area (Å²) >= 11 is 0. The first-order valence-electron chi connectivity index (χ1n) is 11.7. The number of nitrogens with zero attached hydrogens (tertiary/aromatic N) is 3. The number of aromatic nitrogens is 1. The molecule has 2 heterocycles. The summed E-state index contributed by atoms with van der Waals surface area (Å²) in [5.41, 5.74) is 5.07. The molecule has 1 aliphatic rings. The molecule has 0 aliphatic carbocycles. The molecule has 5 nitrogen and oxygen atoms in total. The maximum absolute atomic E-state index is 14.0. The third kappa shape index (κ3) is 4.45. The van der Waals surface area contributed by atoms with Crippen LogP contribution in [0.3, 0.4) is 0 Å². The quantitative estimate of drug-likeness (QED) is 0.505. The van der Waals surface area contributed by atoms with Gasteiger partial charge in [0.25, 0.3) is 0 Å². The zero-order valence-corrected chi connectivity index (χ0v) is 20.2. The van der Waals surface area contributed by atoms with E-state index >= 15 is 0 Å². The number of rotatable bonds is 6. The molecule has 172 valence electrons. The Morgan fingerprint density at radius 2 is 1.67 bits per heavy atom. The van der Waals surface area contributed by atoms with E-state index in [9.17, 15) is 9.59 Å². The van der Waals surface area contributed by atoms with Gasteiger partial charge in [0.05, 0.1) is 17.1 Å². The first kappa shape index (κ1) is 22.8. The average Bonchev–Trinajstić information content (AvgIpc) is 3.25. The lowest BCUT2D eigenvalue weighted by Gasteiger charge is -2.40. The molecule has 1 atom stereocenters. The van der Waals surface area contributed by atoms with E-state index < -0.39 is 0 Å². The first-order chi connectivity index (χ1) is 15.8. The van der Waals surface area contributed by atoms with Crippen LogP contribution in [0.25, 0.3) is 5.69 Å². The fourth-order valence-electron chi connectivity index (χ4n) is 4.66. The number of carbonyl (C=O) groups is 2. The van der Waals surface area contributed by atoms with Crippen LogP contribution in [0, 0.1) is 12.8 Å². The molecule has 0 N–H and O–H groups in total. The van der Waals surface area contributed by atoms with Crippen molar-refractivity contribution in [3.8, 4) is 5.69 Å². The lowest BCUT2D eigenvalue weighted by molar-refractivity contribution is -0.137. The molecule has 5 heteroatoms. The Morgan fingerprint density at radius 3 is 2.33 bits per heavy atom. The summed E-state index contributed by atoms with van der Waals surface area (Å²) in [4.78, 5) is 30.6. The molecule has 33 heavy (non-hydrogen) atoms. The maximum atomic E-state index is 14.0. The number of hydrogen-bond donors (Lipinski definition) is 0. The predicted octanol–water partition coefficient (Wildman–Crippen LogP) is 5.50. The van der Waals surface area contributed by atoms with Crippen LogP contribution in [0.5, 0.6) is 0 Å². The van der Waals surface area contributed by atoms with Gasteiger partial charge in [0.15, 0.2) is 0 Å². The monoisotopic (exact) mass is 443 g/mol. The second-order valence-corrected chi connectivity index (χ2v) is 9.59. The zero-order valence-electron chi connectivity index (χ0n) is 20.2. The van der Waals surface area contributed by atoms with Gasteiger partial charge < -0.3 is 9.47 Å². The van der Waals surface area contributed by atoms with Gasteiger partial charge in [0.1, 0.15) is 12.6 Å². The van der Waals surface area contributed by atoms with E-state index in [1.165, 1.54) is 0 Å². The molecular weight excluding hydrogens is 410 g/mol. The Hall–Kier alpha value is -3.34. The maximum Gasteiger partial charge on any atom is 0.247 e. The molecule has 0 bridgehead atoms. The molecule has 1 aliphatic heterocycles. The Labute approximate surface area is 196 Å². The van der Waals surface area contributed by atoms with Gasteiger partial charge in [0, 0.05) is 18.7 Å². The van der Waals surface area contributed by atoms with E-state index in [0.717, 1.165) is 28.2 Å². The highest BCUT2D eigenvalue weighted by Crippen LogP contribution is 2.42. The molecule has 3 aromatic rings. The van der Waals surface area contributed by atoms with Crippen molar-refractivity contribution < 1.29 is 9.59 Å². The van der Waals surface area contributed by atoms with E-state index in [1.54, 1.807) is 4.90 Å². The number of carbonyl (C=O) groups excluding carboxylic acids is 2. The van der Waals surface area contributed by atoms with Gasteiger partial charge in [0.2, 0.25) is 11.8 Å². The van der Waals surface area contributed by atoms with Crippen molar-refractivity contribution in [1.29, 1.82) is 0 Å². The molecule has 0 fully saturated rings. The molecule has 2 amide bonds. The Balaban J connectivity index is 1.80. The van der Waals surface area contributed by atoms with Crippen LogP contribution >= 0.6 is 0 Å². The Morgan fingerprint density at radius 1 is 0.939 bits per heavy atom. The van der Waals surface area contributed by atoms with Crippen LogP contribution in [0.2, 0.25) is 0 Å². The van der Waals surface area contributed by atoms with Crippen molar-refractivity contribution in [3.05, 3.63) is 83.7 Å². The predicted molar refractivity (Wildman–Crippen MR) is 133 cm³/mol. The van der Waals surface area contributed by atoms with Crippen LogP contribution in [-0.4, -0.2) is 33.9 Å². The van der Waals surface area contributed by atoms with E-state index in [-0.39, 0.29) is 36.4 Å². The van der Waals surface area contributed by atoms with E-state index in [4.69, 9.17) is 0 Å². The zero-order chi connectivity index (χ0) is 23.7. The first-order valence-corrected chi connectivity index (χ1v) is 11.7. The third-order valence-corrected chi connectivity index (χ3v) is 6.18. The van der Waals surface area contributed by atoms with Crippen molar-refractivity contribution in [2.24, 2.45) is 5.92 Å². The molecule has 0 saturated heterocycles. The molecule has 4 rings (SSSR count). The van der Waals surface area contributed by atoms with Crippen LogP contribution in [-0.2, 0) is 9.59 Å². The minimum absolute atomic E-state index is 0.0223. The number of amides is 2. The van der Waals surface area contributed by atoms with E-state index in [2.05, 4.69) is 35.8 Å². The second-order valence-electron chi connectivity index (χ2n) is 9.59. The normalized spacial score (nSPS) is 14.9. The lowest BCUT2D eigenvalue weighted by Crippen LogP contribution is -2.48. The molecule has 1 aromatic heterocycles. The van der Waals surface area contributed by atoms with Crippen molar-refractivity contribution >= 4 is 17.5 Å². The van der Waals surface area contributed by atoms with Gasteiger partial charge in [-0.25, -0.2) is 0 Å². The van der Waals surface area contributed by atoms with Crippen molar-refractivity contribution in [2.75, 3.05) is 11.4 Å². The van der Waals surface area contributed by atoms with Crippen molar-refractivity contribution in [1.82, 2.24) is 9.47 Å². The van der Waals surface area contributed by atoms with Gasteiger partial charge in [-0.05, 0) is 56.5 Å². The number of hydrogen-bond acceptors (Lipinski definition) is 2. The summed E-state index contributed by atoms with van der Waals surface area (Å²) in [5, 5.41) is 0. The van der Waals surface area contributed by atoms with Gasteiger partial charge >= 0.3 is 0 Å². The summed E-state index contributed by atoms with van der Waals surface area (Å²) in [7, 11) is 0. The minimum atomic E-state index is -0.267. The van der Waals surface area contributed by atoms with Gasteiger partial charge in [-0.3, -0.25) is 14.5 Å². The lowest BCUT2D eigenvalue weighted by atomic mass is 9.96. The van der Waals surface area contributed by atoms with Crippen LogP contribution in [0.4, 0.5) is 5.69 Å². The second kappa shape index (κ2) is 9.26. The standard InChI is InChI=1S/C28H33N3O2/c1-19(2)16-26(32)30(20(3)4)18-27(33)31-24-13-7-6-12-23(24)29-15-9-14-25(29)28(31)22-11-8-10-21(5)17-22/h6-15,17,19-20,28H,16,18H2,1-5H3. The highest BCUT2D eigenvalue weighted by atomic mass is 16.2. The Kier molecular flexibility index (Phi) is 6.41. The topological polar surface area (TPSA) is 45.6 Å². The van der Waals surface area contributed by atoms with Gasteiger partial charge in [-0.1, -0.05) is 55.8 Å². The molecular formula is C28H33N3O2. The van der Waals surface area contributed by atoms with E-state index in [0.29, 0.717) is 6.42 Å². The highest BCUT2D eigenvalue weighted by Gasteiger charge is 2.37. The van der Waals surface area contributed by atoms with Crippen LogP contribution in [0.1, 0.15) is 57.0 Å². The van der Waals surface area contributed by atoms with Crippen LogP contribution in [0.15, 0.2) is 66.9 Å². The molecule has 0 saturated carbocycles. The molecule has 0 radical (unpaired) electrons. The smallest absolute Gasteiger partial charge is 0.247 e. The summed E-state index contributed by atoms with van der Waals surface area (Å²) in [6.45, 7) is 10.1. The number of para-hydroxylation sites is 2. The average molecular weight is 444 g/mol. The fourth-order valence-corrected chi connectivity index (χ4v) is 4.66.